The highest BCUT2D eigenvalue weighted by atomic mass is 15.0. The zero-order chi connectivity index (χ0) is 12.7. The lowest BCUT2D eigenvalue weighted by Gasteiger charge is -2.41. The van der Waals surface area contributed by atoms with Gasteiger partial charge in [-0.15, -0.1) is 0 Å². The van der Waals surface area contributed by atoms with E-state index < -0.39 is 0 Å². The van der Waals surface area contributed by atoms with Crippen molar-refractivity contribution in [2.24, 2.45) is 0 Å². The van der Waals surface area contributed by atoms with Gasteiger partial charge in [-0.25, -0.2) is 0 Å². The van der Waals surface area contributed by atoms with E-state index in [2.05, 4.69) is 59.9 Å². The Morgan fingerprint density at radius 2 is 1.74 bits per heavy atom. The van der Waals surface area contributed by atoms with Gasteiger partial charge in [0, 0.05) is 11.5 Å². The minimum absolute atomic E-state index is 0.281. The van der Waals surface area contributed by atoms with E-state index in [4.69, 9.17) is 0 Å². The monoisotopic (exact) mass is 249 g/mol. The van der Waals surface area contributed by atoms with E-state index in [1.807, 2.05) is 0 Å². The van der Waals surface area contributed by atoms with Gasteiger partial charge in [-0.1, -0.05) is 54.6 Å². The molecule has 1 fully saturated rings. The molecular formula is C18H19N. The Kier molecular flexibility index (Phi) is 2.49. The molecule has 1 aliphatic carbocycles. The van der Waals surface area contributed by atoms with Crippen molar-refractivity contribution in [3.05, 3.63) is 71.3 Å². The van der Waals surface area contributed by atoms with Gasteiger partial charge in [0.05, 0.1) is 0 Å². The van der Waals surface area contributed by atoms with E-state index in [1.54, 1.807) is 0 Å². The van der Waals surface area contributed by atoms with Crippen LogP contribution < -0.4 is 5.32 Å². The van der Waals surface area contributed by atoms with Crippen LogP contribution in [0.4, 0.5) is 0 Å². The van der Waals surface area contributed by atoms with Gasteiger partial charge in [0.1, 0.15) is 0 Å². The van der Waals surface area contributed by atoms with Crippen LogP contribution in [0.2, 0.25) is 0 Å². The average molecular weight is 249 g/mol. The van der Waals surface area contributed by atoms with E-state index in [9.17, 15) is 0 Å². The highest BCUT2D eigenvalue weighted by molar-refractivity contribution is 5.46. The summed E-state index contributed by atoms with van der Waals surface area (Å²) in [4.78, 5) is 0. The zero-order valence-corrected chi connectivity index (χ0v) is 11.1. The smallest absolute Gasteiger partial charge is 0.0424 e. The van der Waals surface area contributed by atoms with Crippen LogP contribution in [0.5, 0.6) is 0 Å². The molecule has 1 heteroatoms. The number of rotatable bonds is 1. The molecule has 2 aromatic rings. The normalized spacial score (nSPS) is 28.7. The van der Waals surface area contributed by atoms with Crippen LogP contribution in [-0.2, 0) is 11.8 Å². The molecule has 0 radical (unpaired) electrons. The lowest BCUT2D eigenvalue weighted by Crippen LogP contribution is -2.44. The number of hydrogen-bond donors (Lipinski definition) is 1. The molecule has 96 valence electrons. The maximum atomic E-state index is 3.78. The summed E-state index contributed by atoms with van der Waals surface area (Å²) in [7, 11) is 0. The van der Waals surface area contributed by atoms with Gasteiger partial charge in [-0.2, -0.15) is 0 Å². The van der Waals surface area contributed by atoms with Gasteiger partial charge in [0.15, 0.2) is 0 Å². The van der Waals surface area contributed by atoms with Crippen molar-refractivity contribution in [1.82, 2.24) is 5.32 Å². The summed E-state index contributed by atoms with van der Waals surface area (Å²) in [5.41, 5.74) is 4.84. The number of fused-ring (bicyclic) bond motifs is 3. The van der Waals surface area contributed by atoms with Gasteiger partial charge in [0.25, 0.3) is 0 Å². The van der Waals surface area contributed by atoms with E-state index in [0.29, 0.717) is 6.04 Å². The topological polar surface area (TPSA) is 12.0 Å². The molecule has 1 nitrogen and oxygen atoms in total. The summed E-state index contributed by atoms with van der Waals surface area (Å²) >= 11 is 0. The molecule has 0 bridgehead atoms. The first-order valence-electron chi connectivity index (χ1n) is 7.27. The van der Waals surface area contributed by atoms with Gasteiger partial charge in [-0.05, 0) is 42.5 Å². The summed E-state index contributed by atoms with van der Waals surface area (Å²) in [5, 5.41) is 3.78. The molecule has 0 amide bonds. The predicted molar refractivity (Wildman–Crippen MR) is 78.2 cm³/mol. The van der Waals surface area contributed by atoms with Crippen molar-refractivity contribution in [2.75, 3.05) is 6.54 Å². The van der Waals surface area contributed by atoms with Crippen molar-refractivity contribution in [2.45, 2.75) is 30.7 Å². The average Bonchev–Trinajstić information content (AvgIpc) is 2.84. The van der Waals surface area contributed by atoms with Crippen molar-refractivity contribution >= 4 is 0 Å². The molecule has 4 rings (SSSR count). The fraction of sp³-hybridized carbons (Fsp3) is 0.333. The van der Waals surface area contributed by atoms with Crippen molar-refractivity contribution < 1.29 is 0 Å². The van der Waals surface area contributed by atoms with E-state index in [-0.39, 0.29) is 5.41 Å². The Bertz CT molecular complexity index is 590. The Hall–Kier alpha value is -1.60. The predicted octanol–water partition coefficient (Wildman–Crippen LogP) is 3.61. The number of piperidine rings is 1. The lowest BCUT2D eigenvalue weighted by atomic mass is 9.69. The van der Waals surface area contributed by atoms with Crippen LogP contribution in [0.25, 0.3) is 0 Å². The van der Waals surface area contributed by atoms with Crippen LogP contribution in [0.1, 0.15) is 35.6 Å². The number of nitrogens with one attached hydrogen (secondary N) is 1. The van der Waals surface area contributed by atoms with Gasteiger partial charge >= 0.3 is 0 Å². The molecule has 1 heterocycles. The van der Waals surface area contributed by atoms with Crippen LogP contribution in [0.15, 0.2) is 54.6 Å². The summed E-state index contributed by atoms with van der Waals surface area (Å²) < 4.78 is 0. The van der Waals surface area contributed by atoms with Gasteiger partial charge < -0.3 is 5.32 Å². The molecule has 0 aromatic heterocycles. The van der Waals surface area contributed by atoms with Crippen molar-refractivity contribution in [3.63, 3.8) is 0 Å². The molecule has 0 unspecified atom stereocenters. The Morgan fingerprint density at radius 1 is 0.947 bits per heavy atom. The summed E-state index contributed by atoms with van der Waals surface area (Å²) in [6.07, 6.45) is 3.76. The van der Waals surface area contributed by atoms with E-state index >= 15 is 0 Å². The lowest BCUT2D eigenvalue weighted by molar-refractivity contribution is 0.248. The minimum atomic E-state index is 0.281. The number of hydrogen-bond acceptors (Lipinski definition) is 1. The molecule has 2 aliphatic rings. The first-order valence-corrected chi connectivity index (χ1v) is 7.27. The first kappa shape index (κ1) is 11.2. The fourth-order valence-corrected chi connectivity index (χ4v) is 4.09. The van der Waals surface area contributed by atoms with Crippen LogP contribution in [0.3, 0.4) is 0 Å². The van der Waals surface area contributed by atoms with Crippen molar-refractivity contribution in [3.8, 4) is 0 Å². The molecule has 0 spiro atoms. The molecular weight excluding hydrogens is 230 g/mol. The zero-order valence-electron chi connectivity index (χ0n) is 11.1. The third-order valence-corrected chi connectivity index (χ3v) is 4.92. The fourth-order valence-electron chi connectivity index (χ4n) is 4.09. The minimum Gasteiger partial charge on any atom is -0.309 e. The highest BCUT2D eigenvalue weighted by Gasteiger charge is 2.48. The van der Waals surface area contributed by atoms with Gasteiger partial charge in [0.2, 0.25) is 0 Å². The SMILES string of the molecule is c1ccc([C@]23CCCN[C@@H]2c2ccccc2C3)cc1. The Labute approximate surface area is 114 Å². The summed E-state index contributed by atoms with van der Waals surface area (Å²) in [6.45, 7) is 1.15. The second-order valence-electron chi connectivity index (χ2n) is 5.89. The Balaban J connectivity index is 1.87. The third kappa shape index (κ3) is 1.58. The van der Waals surface area contributed by atoms with Crippen molar-refractivity contribution in [1.29, 1.82) is 0 Å². The van der Waals surface area contributed by atoms with Crippen LogP contribution >= 0.6 is 0 Å². The van der Waals surface area contributed by atoms with E-state index in [0.717, 1.165) is 6.54 Å². The molecule has 1 N–H and O–H groups in total. The second-order valence-corrected chi connectivity index (χ2v) is 5.89. The molecule has 0 saturated carbocycles. The third-order valence-electron chi connectivity index (χ3n) is 4.92. The summed E-state index contributed by atoms with van der Waals surface area (Å²) in [6, 6.07) is 20.6. The Morgan fingerprint density at radius 3 is 2.63 bits per heavy atom. The highest BCUT2D eigenvalue weighted by Crippen LogP contribution is 2.51. The maximum absolute atomic E-state index is 3.78. The molecule has 2 aromatic carbocycles. The number of benzene rings is 2. The molecule has 1 aliphatic heterocycles. The first-order chi connectivity index (χ1) is 9.40. The van der Waals surface area contributed by atoms with Gasteiger partial charge in [-0.3, -0.25) is 0 Å². The second kappa shape index (κ2) is 4.21. The standard InChI is InChI=1S/C18H19N/c1-2-8-15(9-3-1)18-11-6-12-19-17(18)16-10-5-4-7-14(16)13-18/h1-5,7-10,17,19H,6,11-13H2/t17-,18-/m1/s1. The largest absolute Gasteiger partial charge is 0.309 e. The molecule has 2 atom stereocenters. The van der Waals surface area contributed by atoms with Crippen LogP contribution in [-0.4, -0.2) is 6.54 Å². The summed E-state index contributed by atoms with van der Waals surface area (Å²) in [5.74, 6) is 0. The molecule has 1 saturated heterocycles. The quantitative estimate of drug-likeness (QED) is 0.814. The molecule has 19 heavy (non-hydrogen) atoms. The van der Waals surface area contributed by atoms with E-state index in [1.165, 1.54) is 36.0 Å². The maximum Gasteiger partial charge on any atom is 0.0424 e. The van der Waals surface area contributed by atoms with Crippen LogP contribution in [0, 0.1) is 0 Å².